The molecule has 2 heteroatoms. The molecule has 0 spiro atoms. The molecule has 0 saturated heterocycles. The maximum atomic E-state index is 3.40. The maximum absolute atomic E-state index is 3.40. The SMILES string of the molecule is CNC1(Cc2ccccc2)CC1.Cl. The van der Waals surface area contributed by atoms with Gasteiger partial charge in [-0.1, -0.05) is 30.3 Å². The lowest BCUT2D eigenvalue weighted by molar-refractivity contribution is 0.549. The van der Waals surface area contributed by atoms with Gasteiger partial charge >= 0.3 is 0 Å². The van der Waals surface area contributed by atoms with Crippen LogP contribution in [-0.2, 0) is 6.42 Å². The summed E-state index contributed by atoms with van der Waals surface area (Å²) >= 11 is 0. The van der Waals surface area contributed by atoms with Crippen molar-refractivity contribution in [3.05, 3.63) is 35.9 Å². The van der Waals surface area contributed by atoms with Crippen molar-refractivity contribution in [2.75, 3.05) is 7.05 Å². The Morgan fingerprint density at radius 2 is 1.85 bits per heavy atom. The minimum atomic E-state index is 0. The highest BCUT2D eigenvalue weighted by Gasteiger charge is 2.40. The number of nitrogens with one attached hydrogen (secondary N) is 1. The fourth-order valence-corrected chi connectivity index (χ4v) is 1.65. The van der Waals surface area contributed by atoms with Crippen molar-refractivity contribution in [3.63, 3.8) is 0 Å². The van der Waals surface area contributed by atoms with E-state index in [9.17, 15) is 0 Å². The predicted octanol–water partition coefficient (Wildman–Crippen LogP) is 2.40. The third-order valence-corrected chi connectivity index (χ3v) is 2.77. The van der Waals surface area contributed by atoms with Crippen LogP contribution in [0.4, 0.5) is 0 Å². The molecule has 1 aromatic carbocycles. The van der Waals surface area contributed by atoms with Crippen molar-refractivity contribution in [2.24, 2.45) is 0 Å². The van der Waals surface area contributed by atoms with Crippen LogP contribution in [0.1, 0.15) is 18.4 Å². The van der Waals surface area contributed by atoms with Crippen molar-refractivity contribution in [1.29, 1.82) is 0 Å². The van der Waals surface area contributed by atoms with E-state index in [0.29, 0.717) is 5.54 Å². The van der Waals surface area contributed by atoms with Crippen molar-refractivity contribution in [3.8, 4) is 0 Å². The van der Waals surface area contributed by atoms with Crippen LogP contribution >= 0.6 is 12.4 Å². The quantitative estimate of drug-likeness (QED) is 0.785. The molecule has 72 valence electrons. The van der Waals surface area contributed by atoms with Crippen LogP contribution in [0.3, 0.4) is 0 Å². The first-order valence-corrected chi connectivity index (χ1v) is 4.57. The zero-order chi connectivity index (χ0) is 8.44. The molecular formula is C11H16ClN. The van der Waals surface area contributed by atoms with Gasteiger partial charge in [0.2, 0.25) is 0 Å². The summed E-state index contributed by atoms with van der Waals surface area (Å²) in [6.45, 7) is 0. The van der Waals surface area contributed by atoms with Gasteiger partial charge in [-0.25, -0.2) is 0 Å². The van der Waals surface area contributed by atoms with Crippen LogP contribution in [0, 0.1) is 0 Å². The molecule has 0 aromatic heterocycles. The second-order valence-electron chi connectivity index (χ2n) is 3.69. The summed E-state index contributed by atoms with van der Waals surface area (Å²) in [4.78, 5) is 0. The van der Waals surface area contributed by atoms with E-state index in [1.807, 2.05) is 0 Å². The smallest absolute Gasteiger partial charge is 0.0220 e. The molecule has 1 nitrogen and oxygen atoms in total. The Morgan fingerprint density at radius 1 is 1.23 bits per heavy atom. The van der Waals surface area contributed by atoms with E-state index < -0.39 is 0 Å². The second kappa shape index (κ2) is 4.12. The van der Waals surface area contributed by atoms with Crippen LogP contribution in [0.5, 0.6) is 0 Å². The van der Waals surface area contributed by atoms with Crippen LogP contribution in [-0.4, -0.2) is 12.6 Å². The summed E-state index contributed by atoms with van der Waals surface area (Å²) < 4.78 is 0. The van der Waals surface area contributed by atoms with Crippen molar-refractivity contribution >= 4 is 12.4 Å². The minimum absolute atomic E-state index is 0. The fourth-order valence-electron chi connectivity index (χ4n) is 1.65. The van der Waals surface area contributed by atoms with Gasteiger partial charge < -0.3 is 5.32 Å². The fraction of sp³-hybridized carbons (Fsp3) is 0.455. The van der Waals surface area contributed by atoms with Gasteiger partial charge in [0.05, 0.1) is 0 Å². The molecule has 0 radical (unpaired) electrons. The predicted molar refractivity (Wildman–Crippen MR) is 58.4 cm³/mol. The zero-order valence-electron chi connectivity index (χ0n) is 7.92. The average Bonchev–Trinajstić information content (AvgIpc) is 2.88. The molecule has 1 aliphatic rings. The third kappa shape index (κ3) is 2.45. The second-order valence-corrected chi connectivity index (χ2v) is 3.69. The van der Waals surface area contributed by atoms with Crippen LogP contribution in [0.15, 0.2) is 30.3 Å². The molecule has 13 heavy (non-hydrogen) atoms. The van der Waals surface area contributed by atoms with Crippen LogP contribution in [0.2, 0.25) is 0 Å². The van der Waals surface area contributed by atoms with Gasteiger partial charge in [-0.05, 0) is 31.9 Å². The lowest BCUT2D eigenvalue weighted by Crippen LogP contribution is -2.29. The molecular weight excluding hydrogens is 182 g/mol. The van der Waals surface area contributed by atoms with Gasteiger partial charge in [0.1, 0.15) is 0 Å². The van der Waals surface area contributed by atoms with Gasteiger partial charge in [-0.2, -0.15) is 0 Å². The zero-order valence-corrected chi connectivity index (χ0v) is 8.73. The van der Waals surface area contributed by atoms with Gasteiger partial charge in [-0.15, -0.1) is 12.4 Å². The first-order chi connectivity index (χ1) is 5.85. The molecule has 0 amide bonds. The van der Waals surface area contributed by atoms with Crippen LogP contribution < -0.4 is 5.32 Å². The molecule has 1 aliphatic carbocycles. The number of likely N-dealkylation sites (N-methyl/N-ethyl adjacent to an activating group) is 1. The van der Waals surface area contributed by atoms with Gasteiger partial charge in [0.15, 0.2) is 0 Å². The minimum Gasteiger partial charge on any atom is -0.314 e. The van der Waals surface area contributed by atoms with E-state index in [1.165, 1.54) is 24.8 Å². The first kappa shape index (κ1) is 10.6. The highest BCUT2D eigenvalue weighted by Crippen LogP contribution is 2.37. The summed E-state index contributed by atoms with van der Waals surface area (Å²) in [5, 5.41) is 3.40. The third-order valence-electron chi connectivity index (χ3n) is 2.77. The summed E-state index contributed by atoms with van der Waals surface area (Å²) in [5.74, 6) is 0. The van der Waals surface area contributed by atoms with Crippen molar-refractivity contribution in [2.45, 2.75) is 24.8 Å². The molecule has 1 aromatic rings. The standard InChI is InChI=1S/C11H15N.ClH/c1-12-11(7-8-11)9-10-5-3-2-4-6-10;/h2-6,12H,7-9H2,1H3;1H. The normalized spacial score (nSPS) is 17.6. The number of rotatable bonds is 3. The van der Waals surface area contributed by atoms with E-state index >= 15 is 0 Å². The molecule has 0 aliphatic heterocycles. The molecule has 1 fully saturated rings. The number of hydrogen-bond acceptors (Lipinski definition) is 1. The Kier molecular flexibility index (Phi) is 3.34. The molecule has 1 N–H and O–H groups in total. The lowest BCUT2D eigenvalue weighted by Gasteiger charge is -2.13. The lowest BCUT2D eigenvalue weighted by atomic mass is 10.0. The van der Waals surface area contributed by atoms with E-state index in [-0.39, 0.29) is 12.4 Å². The number of hydrogen-bond donors (Lipinski definition) is 1. The van der Waals surface area contributed by atoms with E-state index in [0.717, 1.165) is 0 Å². The van der Waals surface area contributed by atoms with E-state index in [4.69, 9.17) is 0 Å². The summed E-state index contributed by atoms with van der Waals surface area (Å²) in [7, 11) is 2.07. The Bertz CT molecular complexity index is 254. The molecule has 0 heterocycles. The monoisotopic (exact) mass is 197 g/mol. The molecule has 0 unspecified atom stereocenters. The van der Waals surface area contributed by atoms with Gasteiger partial charge in [0.25, 0.3) is 0 Å². The van der Waals surface area contributed by atoms with Crippen LogP contribution in [0.25, 0.3) is 0 Å². The summed E-state index contributed by atoms with van der Waals surface area (Å²) in [6.07, 6.45) is 3.85. The number of benzene rings is 1. The van der Waals surface area contributed by atoms with Gasteiger partial charge in [0, 0.05) is 5.54 Å². The maximum Gasteiger partial charge on any atom is 0.0220 e. The molecule has 0 atom stereocenters. The Labute approximate surface area is 86.0 Å². The van der Waals surface area contributed by atoms with E-state index in [2.05, 4.69) is 42.7 Å². The summed E-state index contributed by atoms with van der Waals surface area (Å²) in [6, 6.07) is 10.7. The topological polar surface area (TPSA) is 12.0 Å². The van der Waals surface area contributed by atoms with Crippen molar-refractivity contribution in [1.82, 2.24) is 5.32 Å². The summed E-state index contributed by atoms with van der Waals surface area (Å²) in [5.41, 5.74) is 1.89. The van der Waals surface area contributed by atoms with Gasteiger partial charge in [-0.3, -0.25) is 0 Å². The Hall–Kier alpha value is -0.530. The number of halogens is 1. The Morgan fingerprint density at radius 3 is 2.31 bits per heavy atom. The highest BCUT2D eigenvalue weighted by molar-refractivity contribution is 5.85. The largest absolute Gasteiger partial charge is 0.314 e. The molecule has 2 rings (SSSR count). The first-order valence-electron chi connectivity index (χ1n) is 4.57. The Balaban J connectivity index is 0.000000845. The molecule has 0 bridgehead atoms. The highest BCUT2D eigenvalue weighted by atomic mass is 35.5. The average molecular weight is 198 g/mol. The van der Waals surface area contributed by atoms with Crippen molar-refractivity contribution < 1.29 is 0 Å². The van der Waals surface area contributed by atoms with E-state index in [1.54, 1.807) is 0 Å². The molecule has 1 saturated carbocycles.